The number of carbonyl (C=O) groups excluding carboxylic acids is 1. The van der Waals surface area contributed by atoms with E-state index in [9.17, 15) is 30.7 Å². The van der Waals surface area contributed by atoms with Crippen LogP contribution in [0.3, 0.4) is 0 Å². The van der Waals surface area contributed by atoms with Crippen molar-refractivity contribution in [3.8, 4) is 5.69 Å². The number of carbonyl (C=O) groups is 1. The van der Waals surface area contributed by atoms with Crippen molar-refractivity contribution in [1.82, 2.24) is 23.4 Å². The maximum atomic E-state index is 13.8. The van der Waals surface area contributed by atoms with Crippen molar-refractivity contribution in [3.05, 3.63) is 78.6 Å². The van der Waals surface area contributed by atoms with Crippen LogP contribution in [0.2, 0.25) is 0 Å². The molecule has 14 heteroatoms. The highest BCUT2D eigenvalue weighted by atomic mass is 32.2. The van der Waals surface area contributed by atoms with Crippen molar-refractivity contribution in [1.29, 1.82) is 0 Å². The monoisotopic (exact) mass is 534 g/mol. The van der Waals surface area contributed by atoms with Crippen LogP contribution in [0.5, 0.6) is 0 Å². The van der Waals surface area contributed by atoms with Crippen molar-refractivity contribution in [2.75, 3.05) is 11.8 Å². The van der Waals surface area contributed by atoms with Crippen molar-refractivity contribution < 1.29 is 30.7 Å². The Bertz CT molecular complexity index is 1590. The summed E-state index contributed by atoms with van der Waals surface area (Å²) in [5.41, 5.74) is 1.80. The fraction of sp³-hybridized carbons (Fsp3) is 0.227. The van der Waals surface area contributed by atoms with Gasteiger partial charge in [0.05, 0.1) is 23.8 Å². The summed E-state index contributed by atoms with van der Waals surface area (Å²) in [6.45, 7) is 3.89. The number of amides is 1. The Hall–Kier alpha value is -3.43. The van der Waals surface area contributed by atoms with Gasteiger partial charge in [-0.15, -0.1) is 0 Å². The molecule has 0 bridgehead atoms. The molecule has 0 spiro atoms. The number of pyridine rings is 1. The van der Waals surface area contributed by atoms with Crippen molar-refractivity contribution in [2.24, 2.45) is 0 Å². The molecule has 0 saturated carbocycles. The SMILES string of the molecule is CC(C)c1ccc(C(=O)[N+](CS(=O)(=O)O)(CS(=O)(=O)O)c2cn3cc(-n4ccnc4)ccc3n2)cc1. The molecule has 0 aliphatic rings. The zero-order chi connectivity index (χ0) is 26.3. The second-order valence-electron chi connectivity index (χ2n) is 8.69. The minimum Gasteiger partial charge on any atom is -0.305 e. The van der Waals surface area contributed by atoms with Crippen molar-refractivity contribution in [3.63, 3.8) is 0 Å². The van der Waals surface area contributed by atoms with E-state index in [1.807, 2.05) is 13.8 Å². The number of benzene rings is 1. The molecular formula is C22H24N5O7S2+. The molecule has 0 saturated heterocycles. The second-order valence-corrected chi connectivity index (χ2v) is 11.5. The third kappa shape index (κ3) is 5.37. The number of rotatable bonds is 8. The number of nitrogens with zero attached hydrogens (tertiary/aromatic N) is 5. The van der Waals surface area contributed by atoms with Gasteiger partial charge in [0.25, 0.3) is 5.82 Å². The van der Waals surface area contributed by atoms with Crippen LogP contribution in [-0.4, -0.2) is 62.5 Å². The molecule has 0 radical (unpaired) electrons. The number of hydrogen-bond donors (Lipinski definition) is 2. The highest BCUT2D eigenvalue weighted by Crippen LogP contribution is 2.29. The smallest absolute Gasteiger partial charge is 0.305 e. The lowest BCUT2D eigenvalue weighted by atomic mass is 10.0. The van der Waals surface area contributed by atoms with Crippen LogP contribution >= 0.6 is 0 Å². The molecule has 3 heterocycles. The Morgan fingerprint density at radius 3 is 2.14 bits per heavy atom. The number of hydrogen-bond acceptors (Lipinski definition) is 7. The maximum absolute atomic E-state index is 13.8. The molecule has 0 fully saturated rings. The molecule has 2 N–H and O–H groups in total. The summed E-state index contributed by atoms with van der Waals surface area (Å²) in [7, 11) is -9.89. The van der Waals surface area contributed by atoms with Crippen LogP contribution in [0.15, 0.2) is 67.5 Å². The average Bonchev–Trinajstić information content (AvgIpc) is 3.46. The zero-order valence-electron chi connectivity index (χ0n) is 19.3. The van der Waals surface area contributed by atoms with Gasteiger partial charge in [-0.2, -0.15) is 26.3 Å². The summed E-state index contributed by atoms with van der Waals surface area (Å²) in [5, 5.41) is 0. The number of aromatic nitrogens is 4. The van der Waals surface area contributed by atoms with Gasteiger partial charge < -0.3 is 4.57 Å². The van der Waals surface area contributed by atoms with Crippen LogP contribution in [0.4, 0.5) is 5.82 Å². The zero-order valence-corrected chi connectivity index (χ0v) is 21.0. The number of quaternary nitrogens is 1. The van der Waals surface area contributed by atoms with E-state index in [1.165, 1.54) is 22.7 Å². The Labute approximate surface area is 207 Å². The summed E-state index contributed by atoms with van der Waals surface area (Å²) in [4.78, 5) is 22.1. The van der Waals surface area contributed by atoms with E-state index in [-0.39, 0.29) is 22.9 Å². The minimum absolute atomic E-state index is 0.0251. The topological polar surface area (TPSA) is 161 Å². The summed E-state index contributed by atoms with van der Waals surface area (Å²) in [5.74, 6) is -3.87. The predicted octanol–water partition coefficient (Wildman–Crippen LogP) is 2.48. The summed E-state index contributed by atoms with van der Waals surface area (Å²) >= 11 is 0. The van der Waals surface area contributed by atoms with Gasteiger partial charge in [-0.25, -0.2) is 9.78 Å². The first-order valence-electron chi connectivity index (χ1n) is 10.7. The largest absolute Gasteiger partial charge is 0.354 e. The van der Waals surface area contributed by atoms with Gasteiger partial charge in [0, 0.05) is 18.6 Å². The summed E-state index contributed by atoms with van der Waals surface area (Å²) < 4.78 is 69.5. The molecule has 4 rings (SSSR count). The van der Waals surface area contributed by atoms with Gasteiger partial charge in [-0.1, -0.05) is 26.0 Å². The molecule has 3 aromatic heterocycles. The first-order valence-corrected chi connectivity index (χ1v) is 13.9. The molecule has 190 valence electrons. The average molecular weight is 535 g/mol. The van der Waals surface area contributed by atoms with E-state index in [0.717, 1.165) is 5.56 Å². The molecule has 1 amide bonds. The van der Waals surface area contributed by atoms with Gasteiger partial charge in [-0.3, -0.25) is 13.5 Å². The minimum atomic E-state index is -4.94. The van der Waals surface area contributed by atoms with Crippen LogP contribution in [0.1, 0.15) is 35.7 Å². The van der Waals surface area contributed by atoms with E-state index >= 15 is 0 Å². The second kappa shape index (κ2) is 9.22. The highest BCUT2D eigenvalue weighted by molar-refractivity contribution is 7.86. The molecule has 4 aromatic rings. The third-order valence-corrected chi connectivity index (χ3v) is 7.18. The standard InChI is InChI=1S/C22H23N5O7S2/c1-16(2)17-3-5-18(6-4-17)22(28)27(14-35(29,30)31,15-36(32,33)34)21-12-26-11-19(7-8-20(26)24-21)25-10-9-23-13-25/h3-13,16H,14-15H2,1-2H3,(H-,29,30,31,32,33,34)/p+1. The Balaban J connectivity index is 1.93. The molecule has 36 heavy (non-hydrogen) atoms. The van der Waals surface area contributed by atoms with E-state index in [1.54, 1.807) is 53.8 Å². The van der Waals surface area contributed by atoms with E-state index in [0.29, 0.717) is 5.69 Å². The van der Waals surface area contributed by atoms with Gasteiger partial charge in [-0.05, 0) is 35.7 Å². The van der Waals surface area contributed by atoms with Crippen molar-refractivity contribution >= 4 is 37.6 Å². The van der Waals surface area contributed by atoms with E-state index in [4.69, 9.17) is 0 Å². The molecule has 0 atom stereocenters. The van der Waals surface area contributed by atoms with Crippen LogP contribution in [-0.2, 0) is 20.2 Å². The fourth-order valence-electron chi connectivity index (χ4n) is 3.94. The quantitative estimate of drug-likeness (QED) is 0.255. The Kier molecular flexibility index (Phi) is 6.57. The summed E-state index contributed by atoms with van der Waals surface area (Å²) in [6.07, 6.45) is 7.73. The molecule has 0 aliphatic carbocycles. The predicted molar refractivity (Wildman–Crippen MR) is 132 cm³/mol. The number of fused-ring (bicyclic) bond motifs is 1. The van der Waals surface area contributed by atoms with E-state index in [2.05, 4.69) is 9.97 Å². The van der Waals surface area contributed by atoms with Crippen molar-refractivity contribution in [2.45, 2.75) is 19.8 Å². The van der Waals surface area contributed by atoms with Gasteiger partial charge in [0.2, 0.25) is 11.8 Å². The fourth-order valence-corrected chi connectivity index (χ4v) is 5.85. The van der Waals surface area contributed by atoms with Gasteiger partial charge >= 0.3 is 26.1 Å². The lowest BCUT2D eigenvalue weighted by Crippen LogP contribution is -2.59. The molecule has 0 aliphatic heterocycles. The Morgan fingerprint density at radius 1 is 0.972 bits per heavy atom. The molecule has 1 aromatic carbocycles. The number of imidazole rings is 2. The lowest BCUT2D eigenvalue weighted by molar-refractivity contribution is 0.0802. The van der Waals surface area contributed by atoms with Crippen LogP contribution in [0, 0.1) is 0 Å². The third-order valence-electron chi connectivity index (χ3n) is 5.64. The van der Waals surface area contributed by atoms with E-state index < -0.39 is 42.4 Å². The first kappa shape index (κ1) is 25.7. The molecule has 12 nitrogen and oxygen atoms in total. The van der Waals surface area contributed by atoms with Gasteiger partial charge in [0.1, 0.15) is 5.65 Å². The highest BCUT2D eigenvalue weighted by Gasteiger charge is 2.49. The molecule has 0 unspecified atom stereocenters. The van der Waals surface area contributed by atoms with Crippen LogP contribution in [0.25, 0.3) is 11.3 Å². The lowest BCUT2D eigenvalue weighted by Gasteiger charge is -2.30. The normalized spacial score (nSPS) is 12.9. The first-order chi connectivity index (χ1) is 16.8. The molecular weight excluding hydrogens is 510 g/mol. The Morgan fingerprint density at radius 2 is 1.61 bits per heavy atom. The van der Waals surface area contributed by atoms with Crippen LogP contribution < -0.4 is 4.48 Å². The summed E-state index contributed by atoms with van der Waals surface area (Å²) in [6, 6.07) is 9.47. The maximum Gasteiger partial charge on any atom is 0.354 e. The van der Waals surface area contributed by atoms with Gasteiger partial charge in [0.15, 0.2) is 0 Å².